The van der Waals surface area contributed by atoms with Gasteiger partial charge in [-0.15, -0.1) is 0 Å². The average molecular weight is 495 g/mol. The van der Waals surface area contributed by atoms with Gasteiger partial charge in [-0.3, -0.25) is 0 Å². The first-order valence-electron chi connectivity index (χ1n) is 13.5. The van der Waals surface area contributed by atoms with Crippen LogP contribution in [0.1, 0.15) is 50.7 Å². The molecule has 0 aliphatic carbocycles. The molecule has 0 amide bonds. The van der Waals surface area contributed by atoms with Crippen molar-refractivity contribution in [2.45, 2.75) is 39.5 Å². The average Bonchev–Trinajstić information content (AvgIpc) is 2.93. The van der Waals surface area contributed by atoms with Gasteiger partial charge in [-0.2, -0.15) is 0 Å². The third-order valence-electron chi connectivity index (χ3n) is 7.96. The lowest BCUT2D eigenvalue weighted by atomic mass is 9.85. The van der Waals surface area contributed by atoms with Gasteiger partial charge < -0.3 is 11.5 Å². The fraction of sp³-hybridized carbons (Fsp3) is 0.167. The molecule has 0 bridgehead atoms. The van der Waals surface area contributed by atoms with Crippen molar-refractivity contribution in [2.75, 3.05) is 11.5 Å². The first-order valence-corrected chi connectivity index (χ1v) is 13.5. The molecule has 0 heterocycles. The maximum Gasteiger partial charge on any atom is 0.0406 e. The van der Waals surface area contributed by atoms with Crippen LogP contribution < -0.4 is 11.5 Å². The van der Waals surface area contributed by atoms with E-state index < -0.39 is 0 Å². The van der Waals surface area contributed by atoms with Crippen molar-refractivity contribution in [1.82, 2.24) is 0 Å². The summed E-state index contributed by atoms with van der Waals surface area (Å²) in [6.45, 7) is 8.92. The summed E-state index contributed by atoms with van der Waals surface area (Å²) in [5, 5.41) is 6.66. The van der Waals surface area contributed by atoms with E-state index in [0.29, 0.717) is 11.8 Å². The van der Waals surface area contributed by atoms with Crippen LogP contribution in [-0.4, -0.2) is 0 Å². The Labute approximate surface area is 224 Å². The molecule has 6 aromatic carbocycles. The third kappa shape index (κ3) is 3.88. The van der Waals surface area contributed by atoms with Crippen LogP contribution in [0.5, 0.6) is 0 Å². The van der Waals surface area contributed by atoms with Gasteiger partial charge in [0.1, 0.15) is 0 Å². The maximum absolute atomic E-state index is 6.95. The van der Waals surface area contributed by atoms with Crippen LogP contribution in [0.25, 0.3) is 54.6 Å². The highest BCUT2D eigenvalue weighted by atomic mass is 14.6. The molecule has 0 aliphatic heterocycles. The van der Waals surface area contributed by atoms with Gasteiger partial charge in [-0.05, 0) is 78.9 Å². The van der Waals surface area contributed by atoms with Crippen molar-refractivity contribution in [3.8, 4) is 22.3 Å². The molecule has 0 radical (unpaired) electrons. The van der Waals surface area contributed by atoms with Crippen LogP contribution in [0.2, 0.25) is 0 Å². The summed E-state index contributed by atoms with van der Waals surface area (Å²) in [5.74, 6) is 0.968. The first-order chi connectivity index (χ1) is 18.3. The van der Waals surface area contributed by atoms with Crippen LogP contribution in [0.3, 0.4) is 0 Å². The summed E-state index contributed by atoms with van der Waals surface area (Å²) in [6.07, 6.45) is 0. The summed E-state index contributed by atoms with van der Waals surface area (Å²) >= 11 is 0. The second kappa shape index (κ2) is 9.22. The predicted molar refractivity (Wildman–Crippen MR) is 167 cm³/mol. The monoisotopic (exact) mass is 494 g/mol. The number of fused-ring (bicyclic) bond motifs is 5. The lowest BCUT2D eigenvalue weighted by Gasteiger charge is -2.19. The van der Waals surface area contributed by atoms with Gasteiger partial charge in [0.25, 0.3) is 0 Å². The Kier molecular flexibility index (Phi) is 5.84. The molecule has 2 nitrogen and oxygen atoms in total. The zero-order valence-corrected chi connectivity index (χ0v) is 22.5. The number of anilines is 2. The summed E-state index contributed by atoms with van der Waals surface area (Å²) in [4.78, 5) is 0. The smallest absolute Gasteiger partial charge is 0.0406 e. The summed E-state index contributed by atoms with van der Waals surface area (Å²) in [5.41, 5.74) is 22.5. The molecule has 0 saturated heterocycles. The maximum atomic E-state index is 6.95. The number of hydrogen-bond acceptors (Lipinski definition) is 2. The molecule has 0 fully saturated rings. The Morgan fingerprint density at radius 1 is 0.474 bits per heavy atom. The fourth-order valence-electron chi connectivity index (χ4n) is 5.78. The molecule has 4 N–H and O–H groups in total. The summed E-state index contributed by atoms with van der Waals surface area (Å²) < 4.78 is 0. The van der Waals surface area contributed by atoms with Gasteiger partial charge in [0.05, 0.1) is 0 Å². The van der Waals surface area contributed by atoms with Crippen molar-refractivity contribution in [1.29, 1.82) is 0 Å². The molecular formula is C36H34N2. The van der Waals surface area contributed by atoms with E-state index in [4.69, 9.17) is 11.5 Å². The van der Waals surface area contributed by atoms with Gasteiger partial charge in [0, 0.05) is 22.1 Å². The van der Waals surface area contributed by atoms with Crippen LogP contribution >= 0.6 is 0 Å². The topological polar surface area (TPSA) is 52.0 Å². The molecule has 6 rings (SSSR count). The number of hydrogen-bond donors (Lipinski definition) is 2. The molecule has 2 heteroatoms. The highest BCUT2D eigenvalue weighted by Crippen LogP contribution is 2.45. The minimum absolute atomic E-state index is 0.477. The molecule has 0 unspecified atom stereocenters. The molecular weight excluding hydrogens is 460 g/mol. The Morgan fingerprint density at radius 3 is 1.61 bits per heavy atom. The SMILES string of the molecule is CC(C)c1ccc(-c2ccc3c(c(N)cc4c5ccccc5c(N)cc34)c2-c2ccc(C(C)C)cc2)cc1. The zero-order chi connectivity index (χ0) is 26.6. The molecule has 0 saturated carbocycles. The molecule has 0 atom stereocenters. The van der Waals surface area contributed by atoms with Crippen molar-refractivity contribution < 1.29 is 0 Å². The lowest BCUT2D eigenvalue weighted by molar-refractivity contribution is 0.867. The van der Waals surface area contributed by atoms with E-state index in [2.05, 4.69) is 119 Å². The van der Waals surface area contributed by atoms with E-state index in [-0.39, 0.29) is 0 Å². The molecule has 0 aromatic heterocycles. The van der Waals surface area contributed by atoms with E-state index in [9.17, 15) is 0 Å². The van der Waals surface area contributed by atoms with Gasteiger partial charge in [0.2, 0.25) is 0 Å². The van der Waals surface area contributed by atoms with E-state index in [1.807, 2.05) is 6.07 Å². The van der Waals surface area contributed by atoms with Gasteiger partial charge >= 0.3 is 0 Å². The van der Waals surface area contributed by atoms with E-state index >= 15 is 0 Å². The number of benzene rings is 6. The Morgan fingerprint density at radius 2 is 1.00 bits per heavy atom. The Hall–Kier alpha value is -4.30. The minimum Gasteiger partial charge on any atom is -0.398 e. The summed E-state index contributed by atoms with van der Waals surface area (Å²) in [7, 11) is 0. The Bertz CT molecular complexity index is 1810. The standard InChI is InChI=1S/C36H34N2/c1-21(2)23-9-13-25(14-10-23)27-17-18-30-32-19-33(37)29-8-6-5-7-28(29)31(32)20-34(38)36(30)35(27)26-15-11-24(12-16-26)22(3)4/h5-22H,37-38H2,1-4H3. The second-order valence-corrected chi connectivity index (χ2v) is 11.0. The van der Waals surface area contributed by atoms with Gasteiger partial charge in [0.15, 0.2) is 0 Å². The quantitative estimate of drug-likeness (QED) is 0.189. The largest absolute Gasteiger partial charge is 0.398 e. The third-order valence-corrected chi connectivity index (χ3v) is 7.96. The highest BCUT2D eigenvalue weighted by molar-refractivity contribution is 6.26. The molecule has 0 aliphatic rings. The van der Waals surface area contributed by atoms with Gasteiger partial charge in [-0.1, -0.05) is 113 Å². The zero-order valence-electron chi connectivity index (χ0n) is 22.5. The highest BCUT2D eigenvalue weighted by Gasteiger charge is 2.18. The molecule has 188 valence electrons. The van der Waals surface area contributed by atoms with Crippen LogP contribution in [0.15, 0.2) is 97.1 Å². The van der Waals surface area contributed by atoms with Gasteiger partial charge in [-0.25, -0.2) is 0 Å². The number of nitrogen functional groups attached to an aromatic ring is 2. The molecule has 6 aromatic rings. The van der Waals surface area contributed by atoms with E-state index in [0.717, 1.165) is 43.7 Å². The van der Waals surface area contributed by atoms with Crippen LogP contribution in [0, 0.1) is 0 Å². The second-order valence-electron chi connectivity index (χ2n) is 11.0. The number of rotatable bonds is 4. The Balaban J connectivity index is 1.71. The fourth-order valence-corrected chi connectivity index (χ4v) is 5.78. The van der Waals surface area contributed by atoms with E-state index in [1.54, 1.807) is 0 Å². The first kappa shape index (κ1) is 24.1. The predicted octanol–water partition coefficient (Wildman–Crippen LogP) is 9.89. The minimum atomic E-state index is 0.477. The van der Waals surface area contributed by atoms with Crippen LogP contribution in [-0.2, 0) is 0 Å². The van der Waals surface area contributed by atoms with Crippen molar-refractivity contribution in [2.24, 2.45) is 0 Å². The van der Waals surface area contributed by atoms with Crippen LogP contribution in [0.4, 0.5) is 11.4 Å². The lowest BCUT2D eigenvalue weighted by Crippen LogP contribution is -1.97. The molecule has 38 heavy (non-hydrogen) atoms. The number of nitrogens with two attached hydrogens (primary N) is 2. The van der Waals surface area contributed by atoms with Crippen molar-refractivity contribution in [3.63, 3.8) is 0 Å². The van der Waals surface area contributed by atoms with Crippen molar-refractivity contribution >= 4 is 43.7 Å². The molecule has 0 spiro atoms. The van der Waals surface area contributed by atoms with E-state index in [1.165, 1.54) is 33.4 Å². The normalized spacial score (nSPS) is 11.8. The van der Waals surface area contributed by atoms with Crippen molar-refractivity contribution in [3.05, 3.63) is 108 Å². The summed E-state index contributed by atoms with van der Waals surface area (Å²) in [6, 6.07) is 35.0.